The summed E-state index contributed by atoms with van der Waals surface area (Å²) in [6.07, 6.45) is 3.24. The zero-order chi connectivity index (χ0) is 16.4. The smallest absolute Gasteiger partial charge is 0.250 e. The van der Waals surface area contributed by atoms with Crippen LogP contribution in [0.25, 0.3) is 11.2 Å². The molecule has 2 aromatic heterocycles. The zero-order valence-electron chi connectivity index (χ0n) is 12.8. The van der Waals surface area contributed by atoms with E-state index in [4.69, 9.17) is 10.5 Å². The second-order valence-corrected chi connectivity index (χ2v) is 5.38. The van der Waals surface area contributed by atoms with Gasteiger partial charge in [0.2, 0.25) is 0 Å². The maximum absolute atomic E-state index is 5.83. The van der Waals surface area contributed by atoms with Crippen LogP contribution in [0.5, 0.6) is 11.6 Å². The van der Waals surface area contributed by atoms with Crippen LogP contribution in [0.15, 0.2) is 67.3 Å². The summed E-state index contributed by atoms with van der Waals surface area (Å²) in [7, 11) is 0. The van der Waals surface area contributed by atoms with E-state index in [-0.39, 0.29) is 0 Å². The van der Waals surface area contributed by atoms with Crippen LogP contribution >= 0.6 is 0 Å². The SMILES string of the molecule is Nc1ccc(Oc2ncnc3c2ncn3Cc2ccccc2)cc1. The molecule has 0 spiro atoms. The van der Waals surface area contributed by atoms with Crippen LogP contribution in [0.4, 0.5) is 5.69 Å². The average molecular weight is 317 g/mol. The van der Waals surface area contributed by atoms with Gasteiger partial charge in [-0.3, -0.25) is 0 Å². The quantitative estimate of drug-likeness (QED) is 0.585. The maximum atomic E-state index is 5.83. The van der Waals surface area contributed by atoms with Crippen molar-refractivity contribution in [3.63, 3.8) is 0 Å². The van der Waals surface area contributed by atoms with Crippen molar-refractivity contribution < 1.29 is 4.74 Å². The molecule has 24 heavy (non-hydrogen) atoms. The van der Waals surface area contributed by atoms with E-state index in [0.717, 1.165) is 5.65 Å². The molecule has 0 amide bonds. The molecule has 2 N–H and O–H groups in total. The molecule has 0 radical (unpaired) electrons. The predicted octanol–water partition coefficient (Wildman–Crippen LogP) is 3.25. The fourth-order valence-corrected chi connectivity index (χ4v) is 2.48. The Bertz CT molecular complexity index is 964. The van der Waals surface area contributed by atoms with Gasteiger partial charge in [0, 0.05) is 5.69 Å². The van der Waals surface area contributed by atoms with Crippen molar-refractivity contribution >= 4 is 16.9 Å². The normalized spacial score (nSPS) is 10.8. The highest BCUT2D eigenvalue weighted by Gasteiger charge is 2.12. The van der Waals surface area contributed by atoms with E-state index in [1.54, 1.807) is 30.6 Å². The summed E-state index contributed by atoms with van der Waals surface area (Å²) >= 11 is 0. The Morgan fingerprint density at radius 1 is 0.917 bits per heavy atom. The average Bonchev–Trinajstić information content (AvgIpc) is 3.02. The molecule has 118 valence electrons. The fraction of sp³-hybridized carbons (Fsp3) is 0.0556. The Morgan fingerprint density at radius 3 is 2.50 bits per heavy atom. The Labute approximate surface area is 138 Å². The number of anilines is 1. The maximum Gasteiger partial charge on any atom is 0.250 e. The van der Waals surface area contributed by atoms with Crippen LogP contribution in [0, 0.1) is 0 Å². The minimum Gasteiger partial charge on any atom is -0.437 e. The van der Waals surface area contributed by atoms with Gasteiger partial charge in [-0.2, -0.15) is 4.98 Å². The molecule has 0 bridgehead atoms. The van der Waals surface area contributed by atoms with Gasteiger partial charge in [-0.05, 0) is 29.8 Å². The molecule has 4 aromatic rings. The number of nitrogens with zero attached hydrogens (tertiary/aromatic N) is 4. The molecule has 0 unspecified atom stereocenters. The second kappa shape index (κ2) is 6.00. The van der Waals surface area contributed by atoms with Crippen molar-refractivity contribution in [2.75, 3.05) is 5.73 Å². The van der Waals surface area contributed by atoms with Crippen molar-refractivity contribution in [2.45, 2.75) is 6.54 Å². The molecular weight excluding hydrogens is 302 g/mol. The molecule has 0 aliphatic carbocycles. The summed E-state index contributed by atoms with van der Waals surface area (Å²) in [6.45, 7) is 0.690. The molecule has 0 aliphatic heterocycles. The van der Waals surface area contributed by atoms with Crippen molar-refractivity contribution in [1.29, 1.82) is 0 Å². The summed E-state index contributed by atoms with van der Waals surface area (Å²) in [5.74, 6) is 1.08. The third kappa shape index (κ3) is 2.77. The Kier molecular flexibility index (Phi) is 3.55. The van der Waals surface area contributed by atoms with Gasteiger partial charge in [0.25, 0.3) is 5.88 Å². The summed E-state index contributed by atoms with van der Waals surface area (Å²) in [4.78, 5) is 13.0. The monoisotopic (exact) mass is 317 g/mol. The van der Waals surface area contributed by atoms with Gasteiger partial charge in [0.1, 0.15) is 12.1 Å². The molecule has 2 heterocycles. The van der Waals surface area contributed by atoms with Crippen LogP contribution < -0.4 is 10.5 Å². The van der Waals surface area contributed by atoms with Gasteiger partial charge in [0.15, 0.2) is 11.2 Å². The minimum atomic E-state index is 0.427. The third-order valence-electron chi connectivity index (χ3n) is 3.66. The molecule has 0 aliphatic rings. The standard InChI is InChI=1S/C18H15N5O/c19-14-6-8-15(9-7-14)24-18-16-17(20-11-21-18)23(12-22-16)10-13-4-2-1-3-5-13/h1-9,11-12H,10,19H2. The molecule has 2 aromatic carbocycles. The third-order valence-corrected chi connectivity index (χ3v) is 3.66. The Hall–Kier alpha value is -3.41. The lowest BCUT2D eigenvalue weighted by Gasteiger charge is -2.06. The second-order valence-electron chi connectivity index (χ2n) is 5.38. The van der Waals surface area contributed by atoms with Crippen LogP contribution in [0.2, 0.25) is 0 Å². The number of fused-ring (bicyclic) bond motifs is 1. The lowest BCUT2D eigenvalue weighted by Crippen LogP contribution is -1.99. The van der Waals surface area contributed by atoms with E-state index in [1.165, 1.54) is 11.9 Å². The first-order valence-electron chi connectivity index (χ1n) is 7.53. The number of hydrogen-bond donors (Lipinski definition) is 1. The number of rotatable bonds is 4. The van der Waals surface area contributed by atoms with Crippen LogP contribution in [-0.4, -0.2) is 19.5 Å². The number of aromatic nitrogens is 4. The van der Waals surface area contributed by atoms with Gasteiger partial charge in [-0.25, -0.2) is 9.97 Å². The van der Waals surface area contributed by atoms with Crippen molar-refractivity contribution in [2.24, 2.45) is 0 Å². The molecule has 6 nitrogen and oxygen atoms in total. The van der Waals surface area contributed by atoms with E-state index in [1.807, 2.05) is 22.8 Å². The van der Waals surface area contributed by atoms with E-state index in [2.05, 4.69) is 27.1 Å². The molecule has 6 heteroatoms. The van der Waals surface area contributed by atoms with Gasteiger partial charge < -0.3 is 15.0 Å². The first-order valence-corrected chi connectivity index (χ1v) is 7.53. The van der Waals surface area contributed by atoms with Gasteiger partial charge in [-0.15, -0.1) is 0 Å². The van der Waals surface area contributed by atoms with Gasteiger partial charge in [0.05, 0.1) is 12.9 Å². The highest BCUT2D eigenvalue weighted by atomic mass is 16.5. The number of imidazole rings is 1. The molecule has 0 fully saturated rings. The first kappa shape index (κ1) is 14.2. The minimum absolute atomic E-state index is 0.427. The topological polar surface area (TPSA) is 78.8 Å². The van der Waals surface area contributed by atoms with Crippen LogP contribution in [0.1, 0.15) is 5.56 Å². The summed E-state index contributed by atoms with van der Waals surface area (Å²) in [6, 6.07) is 17.3. The molecule has 0 atom stereocenters. The van der Waals surface area contributed by atoms with Gasteiger partial charge >= 0.3 is 0 Å². The predicted molar refractivity (Wildman–Crippen MR) is 91.8 cm³/mol. The van der Waals surface area contributed by atoms with E-state index >= 15 is 0 Å². The van der Waals surface area contributed by atoms with Crippen molar-refractivity contribution in [3.8, 4) is 11.6 Å². The summed E-state index contributed by atoms with van der Waals surface area (Å²) in [5.41, 5.74) is 8.92. The summed E-state index contributed by atoms with van der Waals surface area (Å²) in [5, 5.41) is 0. The molecule has 0 saturated carbocycles. The van der Waals surface area contributed by atoms with Gasteiger partial charge in [-0.1, -0.05) is 30.3 Å². The highest BCUT2D eigenvalue weighted by Crippen LogP contribution is 2.26. The highest BCUT2D eigenvalue weighted by molar-refractivity contribution is 5.76. The summed E-state index contributed by atoms with van der Waals surface area (Å²) < 4.78 is 7.80. The van der Waals surface area contributed by atoms with Crippen LogP contribution in [-0.2, 0) is 6.54 Å². The number of nitrogen functional groups attached to an aromatic ring is 1. The van der Waals surface area contributed by atoms with Crippen molar-refractivity contribution in [3.05, 3.63) is 72.8 Å². The zero-order valence-corrected chi connectivity index (χ0v) is 12.8. The van der Waals surface area contributed by atoms with E-state index in [9.17, 15) is 0 Å². The lowest BCUT2D eigenvalue weighted by atomic mass is 10.2. The lowest BCUT2D eigenvalue weighted by molar-refractivity contribution is 0.467. The fourth-order valence-electron chi connectivity index (χ4n) is 2.48. The Morgan fingerprint density at radius 2 is 1.71 bits per heavy atom. The van der Waals surface area contributed by atoms with E-state index < -0.39 is 0 Å². The van der Waals surface area contributed by atoms with E-state index in [0.29, 0.717) is 29.4 Å². The number of nitrogens with two attached hydrogens (primary N) is 1. The molecular formula is C18H15N5O. The van der Waals surface area contributed by atoms with Crippen molar-refractivity contribution in [1.82, 2.24) is 19.5 Å². The number of hydrogen-bond acceptors (Lipinski definition) is 5. The van der Waals surface area contributed by atoms with Crippen LogP contribution in [0.3, 0.4) is 0 Å². The Balaban J connectivity index is 1.67. The number of benzene rings is 2. The number of ether oxygens (including phenoxy) is 1. The molecule has 0 saturated heterocycles. The first-order chi connectivity index (χ1) is 11.8. The largest absolute Gasteiger partial charge is 0.437 e. The molecule has 4 rings (SSSR count).